The maximum absolute atomic E-state index is 13.8. The Morgan fingerprint density at radius 2 is 1.72 bits per heavy atom. The predicted molar refractivity (Wildman–Crippen MR) is 91.1 cm³/mol. The molecular formula is C18H16F2N4O. The first-order valence-electron chi connectivity index (χ1n) is 7.59. The summed E-state index contributed by atoms with van der Waals surface area (Å²) >= 11 is 0. The molecule has 0 aliphatic carbocycles. The molecule has 5 nitrogen and oxygen atoms in total. The molecule has 3 aromatic rings. The standard InChI is InChI=1S/C18H16F2N4O/c1-12-6-8-13(9-7-12)11-25-18-21-10-15(20)17(22-18)24-23-16-5-3-2-4-14(16)19/h2-10,23H,11H2,1H3,(H,21,22,24). The molecule has 0 saturated carbocycles. The fourth-order valence-corrected chi connectivity index (χ4v) is 2.03. The molecule has 0 fully saturated rings. The second-order valence-electron chi connectivity index (χ2n) is 5.35. The highest BCUT2D eigenvalue weighted by Crippen LogP contribution is 2.17. The van der Waals surface area contributed by atoms with E-state index in [0.717, 1.165) is 17.3 Å². The summed E-state index contributed by atoms with van der Waals surface area (Å²) in [5.41, 5.74) is 7.34. The number of aromatic nitrogens is 2. The van der Waals surface area contributed by atoms with Gasteiger partial charge in [-0.05, 0) is 24.6 Å². The molecule has 0 radical (unpaired) electrons. The number of rotatable bonds is 6. The van der Waals surface area contributed by atoms with E-state index in [1.165, 1.54) is 12.1 Å². The van der Waals surface area contributed by atoms with Crippen molar-refractivity contribution < 1.29 is 13.5 Å². The van der Waals surface area contributed by atoms with Crippen molar-refractivity contribution in [1.29, 1.82) is 0 Å². The first-order valence-corrected chi connectivity index (χ1v) is 7.59. The lowest BCUT2D eigenvalue weighted by Gasteiger charge is -2.11. The molecule has 0 amide bonds. The van der Waals surface area contributed by atoms with Crippen LogP contribution in [0.5, 0.6) is 6.01 Å². The van der Waals surface area contributed by atoms with Crippen LogP contribution >= 0.6 is 0 Å². The minimum Gasteiger partial charge on any atom is -0.459 e. The summed E-state index contributed by atoms with van der Waals surface area (Å²) in [6.45, 7) is 2.25. The largest absolute Gasteiger partial charge is 0.459 e. The molecule has 7 heteroatoms. The number of hydrogen-bond donors (Lipinski definition) is 2. The number of halogens is 2. The van der Waals surface area contributed by atoms with Crippen molar-refractivity contribution in [2.75, 3.05) is 10.9 Å². The number of ether oxygens (including phenoxy) is 1. The number of nitrogens with zero attached hydrogens (tertiary/aromatic N) is 2. The summed E-state index contributed by atoms with van der Waals surface area (Å²) in [4.78, 5) is 7.74. The van der Waals surface area contributed by atoms with Gasteiger partial charge in [-0.25, -0.2) is 13.8 Å². The van der Waals surface area contributed by atoms with Gasteiger partial charge in [-0.2, -0.15) is 4.98 Å². The smallest absolute Gasteiger partial charge is 0.318 e. The van der Waals surface area contributed by atoms with Crippen molar-refractivity contribution in [3.8, 4) is 6.01 Å². The monoisotopic (exact) mass is 342 g/mol. The zero-order valence-electron chi connectivity index (χ0n) is 13.5. The van der Waals surface area contributed by atoms with Crippen LogP contribution in [0.25, 0.3) is 0 Å². The van der Waals surface area contributed by atoms with Crippen molar-refractivity contribution in [3.05, 3.63) is 77.5 Å². The molecule has 0 aliphatic heterocycles. The van der Waals surface area contributed by atoms with Crippen molar-refractivity contribution in [2.24, 2.45) is 0 Å². The average molecular weight is 342 g/mol. The van der Waals surface area contributed by atoms with Crippen molar-refractivity contribution in [1.82, 2.24) is 9.97 Å². The number of hydrogen-bond acceptors (Lipinski definition) is 5. The summed E-state index contributed by atoms with van der Waals surface area (Å²) < 4.78 is 32.8. The minimum atomic E-state index is -0.688. The average Bonchev–Trinajstić information content (AvgIpc) is 2.62. The van der Waals surface area contributed by atoms with Gasteiger partial charge >= 0.3 is 6.01 Å². The number of para-hydroxylation sites is 1. The molecule has 0 unspecified atom stereocenters. The number of aryl methyl sites for hydroxylation is 1. The van der Waals surface area contributed by atoms with Gasteiger partial charge in [0.05, 0.1) is 11.9 Å². The molecule has 2 N–H and O–H groups in total. The minimum absolute atomic E-state index is 0.0137. The molecule has 25 heavy (non-hydrogen) atoms. The lowest BCUT2D eigenvalue weighted by atomic mass is 10.2. The zero-order valence-corrected chi connectivity index (χ0v) is 13.5. The van der Waals surface area contributed by atoms with Crippen LogP contribution in [0.3, 0.4) is 0 Å². The van der Waals surface area contributed by atoms with Gasteiger partial charge in [0.1, 0.15) is 12.4 Å². The quantitative estimate of drug-likeness (QED) is 0.661. The summed E-state index contributed by atoms with van der Waals surface area (Å²) in [5, 5.41) is 0. The zero-order chi connectivity index (χ0) is 17.6. The Kier molecular flexibility index (Phi) is 5.03. The first kappa shape index (κ1) is 16.6. The molecule has 0 saturated heterocycles. The molecule has 1 heterocycles. The van der Waals surface area contributed by atoms with Crippen molar-refractivity contribution in [2.45, 2.75) is 13.5 Å². The van der Waals surface area contributed by atoms with E-state index in [1.807, 2.05) is 31.2 Å². The third-order valence-electron chi connectivity index (χ3n) is 3.40. The maximum Gasteiger partial charge on any atom is 0.318 e. The topological polar surface area (TPSA) is 59.1 Å². The van der Waals surface area contributed by atoms with E-state index < -0.39 is 11.6 Å². The van der Waals surface area contributed by atoms with Crippen molar-refractivity contribution >= 4 is 11.5 Å². The van der Waals surface area contributed by atoms with Crippen LogP contribution in [0, 0.1) is 18.6 Å². The lowest BCUT2D eigenvalue weighted by Crippen LogP contribution is -2.13. The number of anilines is 2. The number of nitrogens with one attached hydrogen (secondary N) is 2. The van der Waals surface area contributed by atoms with E-state index in [-0.39, 0.29) is 24.1 Å². The maximum atomic E-state index is 13.8. The molecule has 0 bridgehead atoms. The van der Waals surface area contributed by atoms with E-state index in [9.17, 15) is 8.78 Å². The Morgan fingerprint density at radius 3 is 2.48 bits per heavy atom. The fourth-order valence-electron chi connectivity index (χ4n) is 2.03. The number of benzene rings is 2. The van der Waals surface area contributed by atoms with Crippen LogP contribution in [0.4, 0.5) is 20.3 Å². The molecule has 0 atom stereocenters. The summed E-state index contributed by atoms with van der Waals surface area (Å²) in [6.07, 6.45) is 0.989. The van der Waals surface area contributed by atoms with E-state index in [4.69, 9.17) is 4.74 Å². The molecule has 1 aromatic heterocycles. The van der Waals surface area contributed by atoms with Gasteiger partial charge in [0.25, 0.3) is 0 Å². The Hall–Kier alpha value is -3.22. The van der Waals surface area contributed by atoms with Gasteiger partial charge in [-0.1, -0.05) is 42.0 Å². The van der Waals surface area contributed by atoms with Gasteiger partial charge in [0.2, 0.25) is 0 Å². The Morgan fingerprint density at radius 1 is 0.960 bits per heavy atom. The van der Waals surface area contributed by atoms with Crippen LogP contribution < -0.4 is 15.6 Å². The molecule has 128 valence electrons. The van der Waals surface area contributed by atoms with E-state index in [2.05, 4.69) is 20.8 Å². The lowest BCUT2D eigenvalue weighted by molar-refractivity contribution is 0.280. The second kappa shape index (κ2) is 7.57. The molecule has 0 spiro atoms. The van der Waals surface area contributed by atoms with E-state index in [1.54, 1.807) is 12.1 Å². The van der Waals surface area contributed by atoms with Gasteiger partial charge in [-0.15, -0.1) is 0 Å². The van der Waals surface area contributed by atoms with Gasteiger partial charge in [0, 0.05) is 0 Å². The predicted octanol–water partition coefficient (Wildman–Crippen LogP) is 4.08. The molecule has 3 rings (SSSR count). The van der Waals surface area contributed by atoms with Crippen LogP contribution in [-0.2, 0) is 6.61 Å². The van der Waals surface area contributed by atoms with Crippen LogP contribution in [0.1, 0.15) is 11.1 Å². The highest BCUT2D eigenvalue weighted by atomic mass is 19.1. The number of hydrazine groups is 1. The highest BCUT2D eigenvalue weighted by Gasteiger charge is 2.09. The summed E-state index contributed by atoms with van der Waals surface area (Å²) in [5.74, 6) is -1.30. The summed E-state index contributed by atoms with van der Waals surface area (Å²) in [7, 11) is 0. The normalized spacial score (nSPS) is 10.4. The molecule has 2 aromatic carbocycles. The SMILES string of the molecule is Cc1ccc(COc2ncc(F)c(NNc3ccccc3F)n2)cc1. The van der Waals surface area contributed by atoms with Gasteiger partial charge in [0.15, 0.2) is 11.6 Å². The summed E-state index contributed by atoms with van der Waals surface area (Å²) in [6, 6.07) is 13.8. The molecular weight excluding hydrogens is 326 g/mol. The van der Waals surface area contributed by atoms with E-state index in [0.29, 0.717) is 0 Å². The van der Waals surface area contributed by atoms with Gasteiger partial charge < -0.3 is 4.74 Å². The third-order valence-corrected chi connectivity index (χ3v) is 3.40. The van der Waals surface area contributed by atoms with Crippen LogP contribution in [0.15, 0.2) is 54.7 Å². The van der Waals surface area contributed by atoms with Crippen LogP contribution in [-0.4, -0.2) is 9.97 Å². The van der Waals surface area contributed by atoms with Crippen LogP contribution in [0.2, 0.25) is 0 Å². The molecule has 0 aliphatic rings. The van der Waals surface area contributed by atoms with Gasteiger partial charge in [-0.3, -0.25) is 10.9 Å². The second-order valence-corrected chi connectivity index (χ2v) is 5.35. The highest BCUT2D eigenvalue weighted by molar-refractivity contribution is 5.50. The Balaban J connectivity index is 1.65. The van der Waals surface area contributed by atoms with E-state index >= 15 is 0 Å². The Labute approximate surface area is 143 Å². The first-order chi connectivity index (χ1) is 12.1. The fraction of sp³-hybridized carbons (Fsp3) is 0.111. The third kappa shape index (κ3) is 4.41. The van der Waals surface area contributed by atoms with Crippen molar-refractivity contribution in [3.63, 3.8) is 0 Å². The Bertz CT molecular complexity index is 856.